The van der Waals surface area contributed by atoms with Crippen molar-refractivity contribution in [3.8, 4) is 0 Å². The lowest BCUT2D eigenvalue weighted by atomic mass is 10.1. The van der Waals surface area contributed by atoms with E-state index in [0.717, 1.165) is 5.69 Å². The first-order valence-electron chi connectivity index (χ1n) is 8.38. The van der Waals surface area contributed by atoms with E-state index in [2.05, 4.69) is 15.6 Å². The number of amides is 1. The van der Waals surface area contributed by atoms with Gasteiger partial charge in [0, 0.05) is 35.2 Å². The number of hydrogen-bond acceptors (Lipinski definition) is 4. The van der Waals surface area contributed by atoms with Crippen LogP contribution in [-0.4, -0.2) is 16.7 Å². The number of rotatable bonds is 6. The van der Waals surface area contributed by atoms with Gasteiger partial charge in [-0.05, 0) is 37.3 Å². The summed E-state index contributed by atoms with van der Waals surface area (Å²) in [6.45, 7) is 1.58. The zero-order valence-electron chi connectivity index (χ0n) is 14.7. The SMILES string of the molecule is CC(=O)c1cccc(Nc2ccnc(C(=O)NCc3ccccc3F)c2)c1. The maximum absolute atomic E-state index is 13.6. The molecule has 136 valence electrons. The fraction of sp³-hybridized carbons (Fsp3) is 0.0952. The predicted octanol–water partition coefficient (Wildman–Crippen LogP) is 4.10. The second-order valence-corrected chi connectivity index (χ2v) is 5.97. The van der Waals surface area contributed by atoms with Gasteiger partial charge < -0.3 is 10.6 Å². The fourth-order valence-corrected chi connectivity index (χ4v) is 2.52. The summed E-state index contributed by atoms with van der Waals surface area (Å²) in [5.41, 5.74) is 2.59. The Morgan fingerprint density at radius 2 is 1.78 bits per heavy atom. The van der Waals surface area contributed by atoms with Crippen LogP contribution in [-0.2, 0) is 6.54 Å². The second kappa shape index (κ2) is 8.23. The van der Waals surface area contributed by atoms with Crippen molar-refractivity contribution in [1.29, 1.82) is 0 Å². The minimum atomic E-state index is -0.403. The van der Waals surface area contributed by atoms with Gasteiger partial charge in [-0.1, -0.05) is 30.3 Å². The van der Waals surface area contributed by atoms with Gasteiger partial charge >= 0.3 is 0 Å². The van der Waals surface area contributed by atoms with Gasteiger partial charge in [-0.15, -0.1) is 0 Å². The summed E-state index contributed by atoms with van der Waals surface area (Å²) in [4.78, 5) is 27.9. The summed E-state index contributed by atoms with van der Waals surface area (Å²) in [6.07, 6.45) is 1.51. The van der Waals surface area contributed by atoms with Gasteiger partial charge in [0.1, 0.15) is 11.5 Å². The Labute approximate surface area is 156 Å². The molecule has 2 N–H and O–H groups in total. The molecule has 0 fully saturated rings. The lowest BCUT2D eigenvalue weighted by molar-refractivity contribution is 0.0944. The molecule has 0 unspecified atom stereocenters. The Morgan fingerprint density at radius 1 is 1.00 bits per heavy atom. The van der Waals surface area contributed by atoms with E-state index in [0.29, 0.717) is 16.8 Å². The molecule has 2 aromatic carbocycles. The van der Waals surface area contributed by atoms with Crippen LogP contribution in [0, 0.1) is 5.82 Å². The third-order valence-corrected chi connectivity index (χ3v) is 3.95. The molecule has 0 aliphatic carbocycles. The highest BCUT2D eigenvalue weighted by molar-refractivity contribution is 5.95. The Balaban J connectivity index is 1.69. The number of nitrogens with zero attached hydrogens (tertiary/aromatic N) is 1. The maximum Gasteiger partial charge on any atom is 0.270 e. The quantitative estimate of drug-likeness (QED) is 0.647. The van der Waals surface area contributed by atoms with Gasteiger partial charge in [0.15, 0.2) is 5.78 Å². The van der Waals surface area contributed by atoms with Crippen LogP contribution in [0.15, 0.2) is 66.9 Å². The normalized spacial score (nSPS) is 10.3. The first kappa shape index (κ1) is 18.3. The molecule has 1 amide bonds. The van der Waals surface area contributed by atoms with Crippen molar-refractivity contribution < 1.29 is 14.0 Å². The molecule has 6 heteroatoms. The predicted molar refractivity (Wildman–Crippen MR) is 102 cm³/mol. The molecule has 1 aromatic heterocycles. The monoisotopic (exact) mass is 363 g/mol. The number of carbonyl (C=O) groups is 2. The number of Topliss-reactive ketones (excluding diaryl/α,β-unsaturated/α-hetero) is 1. The number of pyridine rings is 1. The lowest BCUT2D eigenvalue weighted by Gasteiger charge is -2.09. The second-order valence-electron chi connectivity index (χ2n) is 5.97. The molecule has 1 heterocycles. The van der Waals surface area contributed by atoms with Crippen molar-refractivity contribution in [2.75, 3.05) is 5.32 Å². The van der Waals surface area contributed by atoms with Crippen LogP contribution in [0.3, 0.4) is 0 Å². The van der Waals surface area contributed by atoms with Crippen molar-refractivity contribution in [3.63, 3.8) is 0 Å². The number of anilines is 2. The number of benzene rings is 2. The molecule has 27 heavy (non-hydrogen) atoms. The standard InChI is InChI=1S/C21H18FN3O2/c1-14(26)15-6-4-7-17(11-15)25-18-9-10-23-20(12-18)21(27)24-13-16-5-2-3-8-19(16)22/h2-12H,13H2,1H3,(H,23,25)(H,24,27). The molecule has 3 aromatic rings. The van der Waals surface area contributed by atoms with Gasteiger partial charge in [-0.2, -0.15) is 0 Å². The Bertz CT molecular complexity index is 988. The van der Waals surface area contributed by atoms with E-state index >= 15 is 0 Å². The zero-order valence-corrected chi connectivity index (χ0v) is 14.7. The Kier molecular flexibility index (Phi) is 5.56. The number of ketones is 1. The maximum atomic E-state index is 13.6. The summed E-state index contributed by atoms with van der Waals surface area (Å²) < 4.78 is 13.6. The molecule has 0 atom stereocenters. The van der Waals surface area contributed by atoms with Crippen LogP contribution in [0.4, 0.5) is 15.8 Å². The number of aromatic nitrogens is 1. The molecule has 0 aliphatic heterocycles. The summed E-state index contributed by atoms with van der Waals surface area (Å²) in [7, 11) is 0. The summed E-state index contributed by atoms with van der Waals surface area (Å²) in [5, 5.41) is 5.80. The fourth-order valence-electron chi connectivity index (χ4n) is 2.52. The Morgan fingerprint density at radius 3 is 2.56 bits per heavy atom. The van der Waals surface area contributed by atoms with Crippen molar-refractivity contribution in [2.24, 2.45) is 0 Å². The van der Waals surface area contributed by atoms with E-state index in [-0.39, 0.29) is 23.8 Å². The van der Waals surface area contributed by atoms with Crippen molar-refractivity contribution in [1.82, 2.24) is 10.3 Å². The van der Waals surface area contributed by atoms with Gasteiger partial charge in [0.25, 0.3) is 5.91 Å². The van der Waals surface area contributed by atoms with E-state index in [1.807, 2.05) is 6.07 Å². The van der Waals surface area contributed by atoms with Gasteiger partial charge in [-0.25, -0.2) is 4.39 Å². The zero-order chi connectivity index (χ0) is 19.2. The molecule has 0 saturated heterocycles. The third kappa shape index (κ3) is 4.76. The van der Waals surface area contributed by atoms with E-state index in [1.165, 1.54) is 19.2 Å². The number of carbonyl (C=O) groups excluding carboxylic acids is 2. The Hall–Kier alpha value is -3.54. The molecule has 5 nitrogen and oxygen atoms in total. The van der Waals surface area contributed by atoms with Crippen LogP contribution in [0.1, 0.15) is 33.3 Å². The van der Waals surface area contributed by atoms with E-state index in [4.69, 9.17) is 0 Å². The molecule has 0 aliphatic rings. The molecular formula is C21H18FN3O2. The lowest BCUT2D eigenvalue weighted by Crippen LogP contribution is -2.24. The molecule has 0 bridgehead atoms. The van der Waals surface area contributed by atoms with Crippen molar-refractivity contribution >= 4 is 23.1 Å². The molecule has 3 rings (SSSR count). The molecule has 0 spiro atoms. The first-order chi connectivity index (χ1) is 13.0. The van der Waals surface area contributed by atoms with Gasteiger partial charge in [0.2, 0.25) is 0 Å². The first-order valence-corrected chi connectivity index (χ1v) is 8.38. The van der Waals surface area contributed by atoms with Crippen LogP contribution in [0.2, 0.25) is 0 Å². The average molecular weight is 363 g/mol. The van der Waals surface area contributed by atoms with E-state index in [9.17, 15) is 14.0 Å². The van der Waals surface area contributed by atoms with Crippen LogP contribution >= 0.6 is 0 Å². The number of nitrogens with one attached hydrogen (secondary N) is 2. The average Bonchev–Trinajstić information content (AvgIpc) is 2.67. The highest BCUT2D eigenvalue weighted by Crippen LogP contribution is 2.18. The topological polar surface area (TPSA) is 71.1 Å². The highest BCUT2D eigenvalue weighted by atomic mass is 19.1. The van der Waals surface area contributed by atoms with Crippen molar-refractivity contribution in [2.45, 2.75) is 13.5 Å². The van der Waals surface area contributed by atoms with Gasteiger partial charge in [-0.3, -0.25) is 14.6 Å². The van der Waals surface area contributed by atoms with Gasteiger partial charge in [0.05, 0.1) is 0 Å². The van der Waals surface area contributed by atoms with Crippen LogP contribution in [0.5, 0.6) is 0 Å². The summed E-state index contributed by atoms with van der Waals surface area (Å²) >= 11 is 0. The van der Waals surface area contributed by atoms with Crippen LogP contribution < -0.4 is 10.6 Å². The molecule has 0 radical (unpaired) electrons. The smallest absolute Gasteiger partial charge is 0.270 e. The van der Waals surface area contributed by atoms with E-state index < -0.39 is 5.91 Å². The van der Waals surface area contributed by atoms with Crippen LogP contribution in [0.25, 0.3) is 0 Å². The highest BCUT2D eigenvalue weighted by Gasteiger charge is 2.10. The molecular weight excluding hydrogens is 345 g/mol. The number of hydrogen-bond donors (Lipinski definition) is 2. The largest absolute Gasteiger partial charge is 0.355 e. The minimum absolute atomic E-state index is 0.0263. The van der Waals surface area contributed by atoms with E-state index in [1.54, 1.807) is 48.5 Å². The van der Waals surface area contributed by atoms with Crippen molar-refractivity contribution in [3.05, 3.63) is 89.5 Å². The number of halogens is 1. The third-order valence-electron chi connectivity index (χ3n) is 3.95. The molecule has 0 saturated carbocycles. The summed E-state index contributed by atoms with van der Waals surface area (Å²) in [6, 6.07) is 16.7. The summed E-state index contributed by atoms with van der Waals surface area (Å²) in [5.74, 6) is -0.799. The minimum Gasteiger partial charge on any atom is -0.355 e.